The van der Waals surface area contributed by atoms with Crippen molar-refractivity contribution in [2.45, 2.75) is 237 Å². The maximum atomic E-state index is 12.9. The molecule has 426 valence electrons. The van der Waals surface area contributed by atoms with Crippen LogP contribution in [0.25, 0.3) is 0 Å². The van der Waals surface area contributed by atoms with Gasteiger partial charge in [-0.25, -0.2) is 13.9 Å². The maximum Gasteiger partial charge on any atom is 0.481 e. The van der Waals surface area contributed by atoms with Gasteiger partial charge in [0.15, 0.2) is 12.3 Å². The van der Waals surface area contributed by atoms with Crippen LogP contribution in [0.2, 0.25) is 0 Å². The van der Waals surface area contributed by atoms with Crippen LogP contribution in [0.3, 0.4) is 0 Å². The van der Waals surface area contributed by atoms with Crippen molar-refractivity contribution < 1.29 is 71.4 Å². The number of ether oxygens (including phenoxy) is 3. The van der Waals surface area contributed by atoms with Crippen molar-refractivity contribution in [3.63, 3.8) is 0 Å². The molecule has 0 aliphatic carbocycles. The number of aliphatic hydroxyl groups is 3. The van der Waals surface area contributed by atoms with Gasteiger partial charge in [0.25, 0.3) is 0 Å². The molecule has 19 nitrogen and oxygen atoms in total. The first-order valence-electron chi connectivity index (χ1n) is 27.5. The number of nitrogens with two attached hydrogens (primary N) is 1. The SMILES string of the molecule is CCCCCCCC/C=C/C/C=C/C=C/C(O)CCCC(=O)OC[C@H](COP(=O)(O)OP(=O)(O)OC[C@H]1O[C@@H](n2ccc(N)nc2=O)[C@H](O)[C@@H]1O)OC(=O)CCCCCCCCCCCCCCCCC(C)CC. The highest BCUT2D eigenvalue weighted by Gasteiger charge is 2.46. The van der Waals surface area contributed by atoms with Crippen LogP contribution in [0.4, 0.5) is 5.82 Å². The van der Waals surface area contributed by atoms with Gasteiger partial charge >= 0.3 is 33.3 Å². The van der Waals surface area contributed by atoms with Gasteiger partial charge in [-0.05, 0) is 50.5 Å². The summed E-state index contributed by atoms with van der Waals surface area (Å²) in [6.45, 7) is 4.34. The molecule has 1 aliphatic heterocycles. The summed E-state index contributed by atoms with van der Waals surface area (Å²) in [5.41, 5.74) is 4.58. The third kappa shape index (κ3) is 32.5. The fourth-order valence-corrected chi connectivity index (χ4v) is 10.3. The Bertz CT molecular complexity index is 1920. The predicted octanol–water partition coefficient (Wildman–Crippen LogP) is 10.8. The highest BCUT2D eigenvalue weighted by Crippen LogP contribution is 2.60. The number of anilines is 1. The van der Waals surface area contributed by atoms with E-state index in [1.807, 2.05) is 12.2 Å². The lowest BCUT2D eigenvalue weighted by atomic mass is 9.99. The van der Waals surface area contributed by atoms with Crippen LogP contribution in [0.15, 0.2) is 53.5 Å². The summed E-state index contributed by atoms with van der Waals surface area (Å²) >= 11 is 0. The average molecular weight is 1090 g/mol. The Labute approximate surface area is 440 Å². The standard InChI is InChI=1S/C53H93N3O16P2/c1-4-6-7-8-9-10-11-14-18-21-24-27-30-34-44(57)35-32-37-48(58)67-40-45(70-49(59)36-31-28-25-22-19-16-13-12-15-17-20-23-26-29-33-43(3)5-2)41-68-73(63,64)72-74(65,66)69-42-46-50(60)51(61)52(71-46)56-39-38-47(54)55-53(56)62/h14,18,24,27,30,34,38-39,43-46,50-52,57,60-61H,4-13,15-17,19-23,25-26,28-29,31-33,35-37,40-42H2,1-3H3,(H,63,64)(H,65,66)(H2,54,55,62)/b18-14+,27-24+,34-30+/t43?,44?,45-,46-,50-,51-,52-/m1/s1. The number of rotatable bonds is 45. The lowest BCUT2D eigenvalue weighted by Gasteiger charge is -2.21. The number of hydrogen-bond acceptors (Lipinski definition) is 16. The van der Waals surface area contributed by atoms with E-state index in [0.29, 0.717) is 6.42 Å². The van der Waals surface area contributed by atoms with E-state index in [4.69, 9.17) is 29.0 Å². The largest absolute Gasteiger partial charge is 0.481 e. The summed E-state index contributed by atoms with van der Waals surface area (Å²) in [7, 11) is -10.9. The lowest BCUT2D eigenvalue weighted by molar-refractivity contribution is -0.161. The Morgan fingerprint density at radius 3 is 1.99 bits per heavy atom. The van der Waals surface area contributed by atoms with Crippen LogP contribution in [0, 0.1) is 5.92 Å². The van der Waals surface area contributed by atoms with Gasteiger partial charge < -0.3 is 45.1 Å². The van der Waals surface area contributed by atoms with Crippen molar-refractivity contribution in [2.75, 3.05) is 25.6 Å². The average Bonchev–Trinajstić information content (AvgIpc) is 3.63. The van der Waals surface area contributed by atoms with Crippen LogP contribution in [0.1, 0.15) is 207 Å². The van der Waals surface area contributed by atoms with Crippen molar-refractivity contribution in [3.8, 4) is 0 Å². The number of allylic oxidation sites excluding steroid dienone is 5. The molecule has 4 unspecified atom stereocenters. The number of nitrogens with zero attached hydrogens (tertiary/aromatic N) is 2. The molecular formula is C53H93N3O16P2. The number of hydrogen-bond donors (Lipinski definition) is 6. The van der Waals surface area contributed by atoms with E-state index in [1.54, 1.807) is 12.2 Å². The van der Waals surface area contributed by atoms with E-state index in [0.717, 1.165) is 55.2 Å². The fraction of sp³-hybridized carbons (Fsp3) is 0.774. The van der Waals surface area contributed by atoms with Crippen molar-refractivity contribution in [1.29, 1.82) is 0 Å². The monoisotopic (exact) mass is 1090 g/mol. The highest BCUT2D eigenvalue weighted by atomic mass is 31.3. The number of esters is 2. The van der Waals surface area contributed by atoms with E-state index >= 15 is 0 Å². The van der Waals surface area contributed by atoms with E-state index < -0.39 is 89.8 Å². The fourth-order valence-electron chi connectivity index (χ4n) is 8.18. The summed E-state index contributed by atoms with van der Waals surface area (Å²) < 4.78 is 56.8. The second-order valence-corrected chi connectivity index (χ2v) is 22.6. The number of carbonyl (C=O) groups is 2. The molecule has 74 heavy (non-hydrogen) atoms. The number of unbranched alkanes of at least 4 members (excludes halogenated alkanes) is 19. The summed E-state index contributed by atoms with van der Waals surface area (Å²) in [6.07, 6.45) is 32.4. The van der Waals surface area contributed by atoms with Crippen molar-refractivity contribution >= 4 is 33.4 Å². The predicted molar refractivity (Wildman–Crippen MR) is 286 cm³/mol. The molecule has 0 saturated carbocycles. The Morgan fingerprint density at radius 1 is 0.757 bits per heavy atom. The molecule has 1 aliphatic rings. The van der Waals surface area contributed by atoms with Gasteiger partial charge in [-0.1, -0.05) is 186 Å². The highest BCUT2D eigenvalue weighted by molar-refractivity contribution is 7.61. The molecule has 2 heterocycles. The zero-order valence-corrected chi connectivity index (χ0v) is 46.5. The van der Waals surface area contributed by atoms with Crippen LogP contribution < -0.4 is 11.4 Å². The quantitative estimate of drug-likeness (QED) is 0.0116. The Hall–Kier alpha value is -3.06. The summed E-state index contributed by atoms with van der Waals surface area (Å²) in [5.74, 6) is -0.657. The smallest absolute Gasteiger partial charge is 0.462 e. The second kappa shape index (κ2) is 40.2. The van der Waals surface area contributed by atoms with Crippen LogP contribution >= 0.6 is 15.6 Å². The van der Waals surface area contributed by atoms with Crippen molar-refractivity contribution in [1.82, 2.24) is 9.55 Å². The minimum atomic E-state index is -5.46. The van der Waals surface area contributed by atoms with Crippen molar-refractivity contribution in [2.24, 2.45) is 5.92 Å². The molecule has 2 rings (SSSR count). The van der Waals surface area contributed by atoms with E-state index in [2.05, 4.69) is 42.2 Å². The molecule has 0 radical (unpaired) electrons. The molecular weight excluding hydrogens is 997 g/mol. The lowest BCUT2D eigenvalue weighted by Crippen LogP contribution is -2.36. The Morgan fingerprint density at radius 2 is 1.35 bits per heavy atom. The minimum absolute atomic E-state index is 0.0136. The molecule has 1 aromatic rings. The molecule has 0 aromatic carbocycles. The molecule has 9 atom stereocenters. The van der Waals surface area contributed by atoms with Crippen LogP contribution in [-0.2, 0) is 46.3 Å². The van der Waals surface area contributed by atoms with Gasteiger partial charge in [-0.15, -0.1) is 0 Å². The van der Waals surface area contributed by atoms with Gasteiger partial charge in [0.05, 0.1) is 19.3 Å². The topological polar surface area (TPSA) is 286 Å². The van der Waals surface area contributed by atoms with Crippen LogP contribution in [0.5, 0.6) is 0 Å². The first-order valence-corrected chi connectivity index (χ1v) is 30.5. The number of phosphoric ester groups is 2. The molecule has 1 fully saturated rings. The van der Waals surface area contributed by atoms with Crippen LogP contribution in [-0.4, -0.2) is 96.9 Å². The van der Waals surface area contributed by atoms with Gasteiger partial charge in [0.1, 0.15) is 30.7 Å². The summed E-state index contributed by atoms with van der Waals surface area (Å²) in [6, 6.07) is 1.24. The van der Waals surface area contributed by atoms with Gasteiger partial charge in [-0.3, -0.25) is 23.2 Å². The number of nitrogen functional groups attached to an aromatic ring is 1. The molecule has 0 spiro atoms. The van der Waals surface area contributed by atoms with Crippen molar-refractivity contribution in [3.05, 3.63) is 59.2 Å². The van der Waals surface area contributed by atoms with Gasteiger partial charge in [-0.2, -0.15) is 9.29 Å². The zero-order chi connectivity index (χ0) is 54.5. The summed E-state index contributed by atoms with van der Waals surface area (Å²) in [5, 5.41) is 31.3. The molecule has 21 heteroatoms. The minimum Gasteiger partial charge on any atom is -0.462 e. The molecule has 0 bridgehead atoms. The number of phosphoric acid groups is 2. The van der Waals surface area contributed by atoms with E-state index in [-0.39, 0.29) is 31.5 Å². The number of aliphatic hydroxyl groups excluding tert-OH is 3. The third-order valence-corrected chi connectivity index (χ3v) is 15.5. The van der Waals surface area contributed by atoms with Gasteiger partial charge in [0.2, 0.25) is 0 Å². The summed E-state index contributed by atoms with van der Waals surface area (Å²) in [4.78, 5) is 62.1. The molecule has 0 amide bonds. The molecule has 1 saturated heterocycles. The number of aromatic nitrogens is 2. The third-order valence-electron chi connectivity index (χ3n) is 12.9. The second-order valence-electron chi connectivity index (χ2n) is 19.5. The Kier molecular flexibility index (Phi) is 36.4. The molecule has 7 N–H and O–H groups in total. The normalized spacial score (nSPS) is 20.0. The van der Waals surface area contributed by atoms with Gasteiger partial charge in [0, 0.05) is 19.0 Å². The maximum absolute atomic E-state index is 12.9. The first-order chi connectivity index (χ1) is 35.5. The van der Waals surface area contributed by atoms with E-state index in [9.17, 15) is 48.6 Å². The zero-order valence-electron chi connectivity index (χ0n) is 44.7. The number of carbonyl (C=O) groups excluding carboxylic acids is 2. The molecule has 1 aromatic heterocycles. The first kappa shape index (κ1) is 67.1. The Balaban J connectivity index is 1.82. The van der Waals surface area contributed by atoms with E-state index in [1.165, 1.54) is 115 Å².